The molecule has 0 aliphatic carbocycles. The maximum absolute atomic E-state index is 4.88. The van der Waals surface area contributed by atoms with Crippen molar-refractivity contribution in [2.75, 3.05) is 5.32 Å². The van der Waals surface area contributed by atoms with Crippen molar-refractivity contribution in [1.29, 1.82) is 0 Å². The molecule has 1 N–H and O–H groups in total. The molecule has 3 aromatic carbocycles. The summed E-state index contributed by atoms with van der Waals surface area (Å²) in [5, 5.41) is 4.68. The Labute approximate surface area is 153 Å². The van der Waals surface area contributed by atoms with Gasteiger partial charge in [0.1, 0.15) is 5.82 Å². The first-order valence-electron chi connectivity index (χ1n) is 8.86. The largest absolute Gasteiger partial charge is 0.363 e. The van der Waals surface area contributed by atoms with Crippen molar-refractivity contribution in [2.45, 2.75) is 19.9 Å². The Kier molecular flexibility index (Phi) is 4.36. The number of nitrogens with zero attached hydrogens (tertiary/aromatic N) is 2. The number of anilines is 1. The van der Waals surface area contributed by atoms with Crippen molar-refractivity contribution in [1.82, 2.24) is 9.97 Å². The van der Waals surface area contributed by atoms with Gasteiger partial charge in [-0.25, -0.2) is 9.97 Å². The summed E-state index contributed by atoms with van der Waals surface area (Å²) < 4.78 is 0. The van der Waals surface area contributed by atoms with E-state index >= 15 is 0 Å². The molecule has 0 aliphatic heterocycles. The Balaban J connectivity index is 1.84. The number of nitrogens with one attached hydrogen (secondary N) is 1. The number of hydrogen-bond acceptors (Lipinski definition) is 3. The fourth-order valence-electron chi connectivity index (χ4n) is 3.21. The number of aryl methyl sites for hydroxylation is 1. The molecule has 1 heterocycles. The molecule has 0 bridgehead atoms. The van der Waals surface area contributed by atoms with Crippen molar-refractivity contribution >= 4 is 16.7 Å². The quantitative estimate of drug-likeness (QED) is 0.512. The summed E-state index contributed by atoms with van der Waals surface area (Å²) in [6, 6.07) is 26.9. The van der Waals surface area contributed by atoms with Gasteiger partial charge in [-0.1, -0.05) is 72.8 Å². The predicted octanol–water partition coefficient (Wildman–Crippen LogP) is 5.78. The van der Waals surface area contributed by atoms with E-state index in [9.17, 15) is 0 Å². The molecule has 4 aromatic rings. The highest BCUT2D eigenvalue weighted by Gasteiger charge is 2.14. The van der Waals surface area contributed by atoms with Crippen LogP contribution in [0, 0.1) is 6.92 Å². The van der Waals surface area contributed by atoms with E-state index in [4.69, 9.17) is 9.97 Å². The monoisotopic (exact) mass is 339 g/mol. The van der Waals surface area contributed by atoms with E-state index in [0.717, 1.165) is 28.1 Å². The third-order valence-corrected chi connectivity index (χ3v) is 4.62. The van der Waals surface area contributed by atoms with E-state index in [1.54, 1.807) is 0 Å². The van der Waals surface area contributed by atoms with Crippen LogP contribution in [0.4, 0.5) is 5.82 Å². The zero-order chi connectivity index (χ0) is 17.9. The maximum atomic E-state index is 4.88. The van der Waals surface area contributed by atoms with Crippen molar-refractivity contribution in [3.05, 3.63) is 90.0 Å². The van der Waals surface area contributed by atoms with Crippen LogP contribution in [0.25, 0.3) is 22.3 Å². The highest BCUT2D eigenvalue weighted by atomic mass is 15.1. The second kappa shape index (κ2) is 6.96. The van der Waals surface area contributed by atoms with Gasteiger partial charge >= 0.3 is 0 Å². The first-order valence-corrected chi connectivity index (χ1v) is 8.86. The van der Waals surface area contributed by atoms with Crippen LogP contribution in [0.1, 0.15) is 24.1 Å². The number of aromatic nitrogens is 2. The molecule has 128 valence electrons. The Morgan fingerprint density at radius 3 is 2.19 bits per heavy atom. The van der Waals surface area contributed by atoms with E-state index < -0.39 is 0 Å². The van der Waals surface area contributed by atoms with Crippen molar-refractivity contribution in [3.63, 3.8) is 0 Å². The molecule has 0 aliphatic rings. The summed E-state index contributed by atoms with van der Waals surface area (Å²) in [7, 11) is 0. The van der Waals surface area contributed by atoms with Crippen LogP contribution < -0.4 is 5.32 Å². The first-order chi connectivity index (χ1) is 12.7. The summed E-state index contributed by atoms with van der Waals surface area (Å²) in [5.74, 6) is 1.62. The van der Waals surface area contributed by atoms with Gasteiger partial charge in [-0.3, -0.25) is 0 Å². The average Bonchev–Trinajstić information content (AvgIpc) is 2.69. The van der Waals surface area contributed by atoms with Crippen LogP contribution >= 0.6 is 0 Å². The van der Waals surface area contributed by atoms with Gasteiger partial charge in [0.2, 0.25) is 0 Å². The third kappa shape index (κ3) is 3.16. The lowest BCUT2D eigenvalue weighted by Gasteiger charge is -2.18. The summed E-state index contributed by atoms with van der Waals surface area (Å²) in [6.45, 7) is 4.26. The second-order valence-electron chi connectivity index (χ2n) is 6.51. The zero-order valence-electron chi connectivity index (χ0n) is 15.0. The van der Waals surface area contributed by atoms with Gasteiger partial charge in [0.15, 0.2) is 5.82 Å². The molecule has 3 heteroatoms. The molecule has 0 fully saturated rings. The number of rotatable bonds is 4. The van der Waals surface area contributed by atoms with Gasteiger partial charge in [-0.05, 0) is 31.0 Å². The minimum atomic E-state index is 0.150. The van der Waals surface area contributed by atoms with E-state index in [1.807, 2.05) is 42.5 Å². The lowest BCUT2D eigenvalue weighted by Crippen LogP contribution is -2.10. The fourth-order valence-corrected chi connectivity index (χ4v) is 3.21. The fraction of sp³-hybridized carbons (Fsp3) is 0.130. The van der Waals surface area contributed by atoms with Crippen LogP contribution in [0.15, 0.2) is 78.9 Å². The topological polar surface area (TPSA) is 37.8 Å². The molecular formula is C23H21N3. The Morgan fingerprint density at radius 2 is 1.46 bits per heavy atom. The molecular weight excluding hydrogens is 318 g/mol. The average molecular weight is 339 g/mol. The van der Waals surface area contributed by atoms with Crippen LogP contribution in [0.3, 0.4) is 0 Å². The van der Waals surface area contributed by atoms with Crippen LogP contribution in [-0.2, 0) is 0 Å². The normalized spacial score (nSPS) is 12.1. The number of hydrogen-bond donors (Lipinski definition) is 1. The highest BCUT2D eigenvalue weighted by Crippen LogP contribution is 2.30. The summed E-state index contributed by atoms with van der Waals surface area (Å²) in [5.41, 5.74) is 4.38. The van der Waals surface area contributed by atoms with E-state index in [-0.39, 0.29) is 6.04 Å². The van der Waals surface area contributed by atoms with Gasteiger partial charge in [-0.2, -0.15) is 0 Å². The Bertz CT molecular complexity index is 1030. The SMILES string of the molecule is Cc1cccc2nc(-c3ccccc3)nc(NC(C)c3ccccc3)c12. The van der Waals surface area contributed by atoms with Gasteiger partial charge < -0.3 is 5.32 Å². The lowest BCUT2D eigenvalue weighted by molar-refractivity contribution is 0.876. The summed E-state index contributed by atoms with van der Waals surface area (Å²) in [4.78, 5) is 9.67. The van der Waals surface area contributed by atoms with Crippen molar-refractivity contribution in [2.24, 2.45) is 0 Å². The van der Waals surface area contributed by atoms with Gasteiger partial charge in [0, 0.05) is 17.0 Å². The number of fused-ring (bicyclic) bond motifs is 1. The smallest absolute Gasteiger partial charge is 0.162 e. The molecule has 0 saturated carbocycles. The van der Waals surface area contributed by atoms with Gasteiger partial charge in [0.05, 0.1) is 5.52 Å². The first kappa shape index (κ1) is 16.3. The Morgan fingerprint density at radius 1 is 0.769 bits per heavy atom. The maximum Gasteiger partial charge on any atom is 0.162 e. The minimum Gasteiger partial charge on any atom is -0.363 e. The second-order valence-corrected chi connectivity index (χ2v) is 6.51. The molecule has 1 aromatic heterocycles. The Hall–Kier alpha value is -3.20. The summed E-state index contributed by atoms with van der Waals surface area (Å²) in [6.07, 6.45) is 0. The number of benzene rings is 3. The van der Waals surface area contributed by atoms with Crippen LogP contribution in [-0.4, -0.2) is 9.97 Å². The predicted molar refractivity (Wildman–Crippen MR) is 108 cm³/mol. The van der Waals surface area contributed by atoms with E-state index in [0.29, 0.717) is 0 Å². The molecule has 26 heavy (non-hydrogen) atoms. The minimum absolute atomic E-state index is 0.150. The molecule has 0 radical (unpaired) electrons. The lowest BCUT2D eigenvalue weighted by atomic mass is 10.1. The molecule has 1 unspecified atom stereocenters. The summed E-state index contributed by atoms with van der Waals surface area (Å²) >= 11 is 0. The third-order valence-electron chi connectivity index (χ3n) is 4.62. The highest BCUT2D eigenvalue weighted by molar-refractivity contribution is 5.93. The van der Waals surface area contributed by atoms with Crippen molar-refractivity contribution < 1.29 is 0 Å². The standard InChI is InChI=1S/C23H21N3/c1-16-10-9-15-20-21(16)23(24-17(2)18-11-5-3-6-12-18)26-22(25-20)19-13-7-4-8-14-19/h3-15,17H,1-2H3,(H,24,25,26). The molecule has 0 amide bonds. The van der Waals surface area contributed by atoms with Crippen LogP contribution in [0.2, 0.25) is 0 Å². The van der Waals surface area contributed by atoms with Crippen molar-refractivity contribution in [3.8, 4) is 11.4 Å². The molecule has 0 spiro atoms. The van der Waals surface area contributed by atoms with E-state index in [2.05, 4.69) is 55.6 Å². The zero-order valence-corrected chi connectivity index (χ0v) is 15.0. The van der Waals surface area contributed by atoms with E-state index in [1.165, 1.54) is 11.1 Å². The molecule has 3 nitrogen and oxygen atoms in total. The van der Waals surface area contributed by atoms with Gasteiger partial charge in [0.25, 0.3) is 0 Å². The van der Waals surface area contributed by atoms with Gasteiger partial charge in [-0.15, -0.1) is 0 Å². The molecule has 0 saturated heterocycles. The molecule has 1 atom stereocenters. The van der Waals surface area contributed by atoms with Crippen LogP contribution in [0.5, 0.6) is 0 Å². The molecule has 4 rings (SSSR count).